The maximum Gasteiger partial charge on any atom is 0.291 e. The molecule has 0 unspecified atom stereocenters. The molecule has 0 aliphatic rings. The fourth-order valence-electron chi connectivity index (χ4n) is 2.26. The third kappa shape index (κ3) is 4.75. The van der Waals surface area contributed by atoms with Crippen LogP contribution >= 0.6 is 0 Å². The van der Waals surface area contributed by atoms with E-state index in [2.05, 4.69) is 15.6 Å². The summed E-state index contributed by atoms with van der Waals surface area (Å²) in [6.45, 7) is 0.377. The van der Waals surface area contributed by atoms with Gasteiger partial charge in [-0.05, 0) is 41.5 Å². The largest absolute Gasteiger partial charge is 0.508 e. The fraction of sp³-hybridized carbons (Fsp3) is 0.0556. The molecule has 0 atom stereocenters. The number of carbonyl (C=O) groups excluding carboxylic acids is 1. The minimum Gasteiger partial charge on any atom is -0.508 e. The molecule has 2 N–H and O–H groups in total. The SMILES string of the molecule is O=C(N/N=C/c1ccc(O)cc1)c1ccn(Cc2ccc([N+](=O)[O-])cc2)n1. The third-order valence-corrected chi connectivity index (χ3v) is 3.64. The molecule has 0 radical (unpaired) electrons. The van der Waals surface area contributed by atoms with Crippen LogP contribution in [0.1, 0.15) is 21.6 Å². The van der Waals surface area contributed by atoms with Gasteiger partial charge < -0.3 is 5.11 Å². The Balaban J connectivity index is 1.58. The predicted octanol–water partition coefficient (Wildman–Crippen LogP) is 2.31. The van der Waals surface area contributed by atoms with E-state index < -0.39 is 10.8 Å². The molecule has 9 nitrogen and oxygen atoms in total. The summed E-state index contributed by atoms with van der Waals surface area (Å²) >= 11 is 0. The second kappa shape index (κ2) is 7.91. The number of phenolic OH excluding ortho intramolecular Hbond substituents is 1. The first kappa shape index (κ1) is 17.8. The van der Waals surface area contributed by atoms with E-state index in [1.807, 2.05) is 0 Å². The molecule has 3 rings (SSSR count). The number of amides is 1. The second-order valence-electron chi connectivity index (χ2n) is 5.61. The van der Waals surface area contributed by atoms with Crippen molar-refractivity contribution >= 4 is 17.8 Å². The molecule has 1 aromatic heterocycles. The van der Waals surface area contributed by atoms with Gasteiger partial charge in [0.2, 0.25) is 0 Å². The van der Waals surface area contributed by atoms with E-state index in [0.29, 0.717) is 6.54 Å². The molecular weight excluding hydrogens is 350 g/mol. The summed E-state index contributed by atoms with van der Waals surface area (Å²) in [5.74, 6) is -0.317. The minimum absolute atomic E-state index is 0.0192. The third-order valence-electron chi connectivity index (χ3n) is 3.64. The van der Waals surface area contributed by atoms with Gasteiger partial charge in [-0.2, -0.15) is 10.2 Å². The number of hydrazone groups is 1. The van der Waals surface area contributed by atoms with Gasteiger partial charge in [-0.25, -0.2) is 5.43 Å². The maximum atomic E-state index is 12.1. The van der Waals surface area contributed by atoms with Gasteiger partial charge in [-0.3, -0.25) is 19.6 Å². The first-order chi connectivity index (χ1) is 13.0. The number of non-ortho nitro benzene ring substituents is 1. The van der Waals surface area contributed by atoms with E-state index in [9.17, 15) is 20.0 Å². The van der Waals surface area contributed by atoms with Crippen molar-refractivity contribution in [3.8, 4) is 5.75 Å². The lowest BCUT2D eigenvalue weighted by Crippen LogP contribution is -2.18. The molecule has 0 spiro atoms. The molecule has 27 heavy (non-hydrogen) atoms. The monoisotopic (exact) mass is 365 g/mol. The summed E-state index contributed by atoms with van der Waals surface area (Å²) < 4.78 is 1.56. The Morgan fingerprint density at radius 1 is 1.19 bits per heavy atom. The average Bonchev–Trinajstić information content (AvgIpc) is 3.12. The Kier molecular flexibility index (Phi) is 5.22. The molecule has 3 aromatic rings. The second-order valence-corrected chi connectivity index (χ2v) is 5.61. The maximum absolute atomic E-state index is 12.1. The lowest BCUT2D eigenvalue weighted by molar-refractivity contribution is -0.384. The summed E-state index contributed by atoms with van der Waals surface area (Å²) in [4.78, 5) is 22.3. The number of nitrogens with zero attached hydrogens (tertiary/aromatic N) is 4. The average molecular weight is 365 g/mol. The number of aromatic nitrogens is 2. The van der Waals surface area contributed by atoms with Gasteiger partial charge in [0.15, 0.2) is 5.69 Å². The zero-order chi connectivity index (χ0) is 19.2. The Bertz CT molecular complexity index is 978. The van der Waals surface area contributed by atoms with E-state index in [1.54, 1.807) is 41.2 Å². The molecule has 136 valence electrons. The van der Waals surface area contributed by atoms with E-state index in [1.165, 1.54) is 30.5 Å². The van der Waals surface area contributed by atoms with Gasteiger partial charge in [0.1, 0.15) is 5.75 Å². The molecule has 0 saturated heterocycles. The van der Waals surface area contributed by atoms with Gasteiger partial charge >= 0.3 is 0 Å². The van der Waals surface area contributed by atoms with Crippen LogP contribution in [0.4, 0.5) is 5.69 Å². The number of nitrogens with one attached hydrogen (secondary N) is 1. The molecule has 2 aromatic carbocycles. The van der Waals surface area contributed by atoms with E-state index in [4.69, 9.17) is 0 Å². The molecule has 0 aliphatic carbocycles. The molecule has 0 aliphatic heterocycles. The Hall–Kier alpha value is -4.01. The van der Waals surface area contributed by atoms with Crippen LogP contribution in [0.3, 0.4) is 0 Å². The van der Waals surface area contributed by atoms with Crippen molar-refractivity contribution in [2.45, 2.75) is 6.54 Å². The van der Waals surface area contributed by atoms with Crippen LogP contribution in [0.25, 0.3) is 0 Å². The van der Waals surface area contributed by atoms with Crippen molar-refractivity contribution < 1.29 is 14.8 Å². The van der Waals surface area contributed by atoms with E-state index in [0.717, 1.165) is 11.1 Å². The molecular formula is C18H15N5O4. The summed E-state index contributed by atoms with van der Waals surface area (Å²) in [6.07, 6.45) is 3.09. The molecule has 0 bridgehead atoms. The lowest BCUT2D eigenvalue weighted by atomic mass is 10.2. The minimum atomic E-state index is -0.465. The van der Waals surface area contributed by atoms with Crippen LogP contribution in [0, 0.1) is 10.1 Å². The quantitative estimate of drug-likeness (QED) is 0.394. The summed E-state index contributed by atoms with van der Waals surface area (Å²) in [5.41, 5.74) is 4.13. The predicted molar refractivity (Wildman–Crippen MR) is 97.6 cm³/mol. The van der Waals surface area contributed by atoms with Gasteiger partial charge in [0.05, 0.1) is 17.7 Å². The number of hydrogen-bond donors (Lipinski definition) is 2. The van der Waals surface area contributed by atoms with Crippen LogP contribution in [-0.2, 0) is 6.54 Å². The van der Waals surface area contributed by atoms with Gasteiger partial charge in [-0.1, -0.05) is 12.1 Å². The number of carbonyl (C=O) groups is 1. The lowest BCUT2D eigenvalue weighted by Gasteiger charge is -2.01. The first-order valence-corrected chi connectivity index (χ1v) is 7.90. The number of nitro benzene ring substituents is 1. The van der Waals surface area contributed by atoms with Crippen LogP contribution < -0.4 is 5.43 Å². The zero-order valence-electron chi connectivity index (χ0n) is 14.0. The Labute approximate surface area is 153 Å². The summed E-state index contributed by atoms with van der Waals surface area (Å²) in [7, 11) is 0. The van der Waals surface area contributed by atoms with Gasteiger partial charge in [-0.15, -0.1) is 0 Å². The number of nitro groups is 1. The highest BCUT2D eigenvalue weighted by atomic mass is 16.6. The number of aromatic hydroxyl groups is 1. The topological polar surface area (TPSA) is 123 Å². The Morgan fingerprint density at radius 3 is 2.56 bits per heavy atom. The van der Waals surface area contributed by atoms with Gasteiger partial charge in [0.25, 0.3) is 11.6 Å². The normalized spacial score (nSPS) is 10.8. The van der Waals surface area contributed by atoms with Crippen molar-refractivity contribution in [3.05, 3.63) is 87.7 Å². The zero-order valence-corrected chi connectivity index (χ0v) is 14.0. The Morgan fingerprint density at radius 2 is 1.89 bits per heavy atom. The summed E-state index contributed by atoms with van der Waals surface area (Å²) in [5, 5.41) is 27.9. The van der Waals surface area contributed by atoms with Crippen LogP contribution in [0.2, 0.25) is 0 Å². The van der Waals surface area contributed by atoms with Crippen molar-refractivity contribution in [1.82, 2.24) is 15.2 Å². The highest BCUT2D eigenvalue weighted by Crippen LogP contribution is 2.13. The van der Waals surface area contributed by atoms with E-state index in [-0.39, 0.29) is 17.1 Å². The molecule has 0 fully saturated rings. The first-order valence-electron chi connectivity index (χ1n) is 7.90. The van der Waals surface area contributed by atoms with Crippen LogP contribution in [0.15, 0.2) is 65.9 Å². The molecule has 1 amide bonds. The molecule has 1 heterocycles. The highest BCUT2D eigenvalue weighted by molar-refractivity contribution is 5.93. The van der Waals surface area contributed by atoms with E-state index >= 15 is 0 Å². The smallest absolute Gasteiger partial charge is 0.291 e. The standard InChI is InChI=1S/C18H15N5O4/c24-16-7-3-13(4-8-16)11-19-20-18(25)17-9-10-22(21-17)12-14-1-5-15(6-2-14)23(26)27/h1-11,24H,12H2,(H,20,25)/b19-11+. The van der Waals surface area contributed by atoms with Crippen LogP contribution in [-0.4, -0.2) is 31.9 Å². The molecule has 9 heteroatoms. The fourth-order valence-corrected chi connectivity index (χ4v) is 2.26. The van der Waals surface area contributed by atoms with Crippen molar-refractivity contribution in [1.29, 1.82) is 0 Å². The van der Waals surface area contributed by atoms with Crippen molar-refractivity contribution in [3.63, 3.8) is 0 Å². The highest BCUT2D eigenvalue weighted by Gasteiger charge is 2.09. The van der Waals surface area contributed by atoms with Gasteiger partial charge in [0, 0.05) is 18.3 Å². The number of rotatable bonds is 6. The number of hydrogen-bond acceptors (Lipinski definition) is 6. The molecule has 0 saturated carbocycles. The number of phenols is 1. The van der Waals surface area contributed by atoms with Crippen LogP contribution in [0.5, 0.6) is 5.75 Å². The van der Waals surface area contributed by atoms with Crippen molar-refractivity contribution in [2.75, 3.05) is 0 Å². The number of benzene rings is 2. The van der Waals surface area contributed by atoms with Crippen molar-refractivity contribution in [2.24, 2.45) is 5.10 Å². The summed E-state index contributed by atoms with van der Waals surface area (Å²) in [6, 6.07) is 14.0.